The van der Waals surface area contributed by atoms with Crippen LogP contribution in [0.3, 0.4) is 0 Å². The van der Waals surface area contributed by atoms with Crippen LogP contribution in [0.4, 0.5) is 5.69 Å². The molecule has 0 aliphatic heterocycles. The first kappa shape index (κ1) is 20.5. The first-order valence-corrected chi connectivity index (χ1v) is 9.36. The number of rotatable bonds is 10. The molecule has 5 nitrogen and oxygen atoms in total. The van der Waals surface area contributed by atoms with E-state index in [2.05, 4.69) is 17.0 Å². The summed E-state index contributed by atoms with van der Waals surface area (Å²) < 4.78 is 10.5. The van der Waals surface area contributed by atoms with Crippen LogP contribution >= 0.6 is 0 Å². The minimum Gasteiger partial charge on any atom is -0.494 e. The molecule has 144 valence electrons. The lowest BCUT2D eigenvalue weighted by Crippen LogP contribution is -2.13. The largest absolute Gasteiger partial charge is 0.494 e. The van der Waals surface area contributed by atoms with E-state index >= 15 is 0 Å². The number of carbonyl (C=O) groups is 2. The van der Waals surface area contributed by atoms with Gasteiger partial charge in [0.25, 0.3) is 5.91 Å². The van der Waals surface area contributed by atoms with E-state index < -0.39 is 5.97 Å². The Balaban J connectivity index is 1.91. The Labute approximate surface area is 160 Å². The Morgan fingerprint density at radius 3 is 2.44 bits per heavy atom. The van der Waals surface area contributed by atoms with Gasteiger partial charge in [0.05, 0.1) is 19.3 Å². The van der Waals surface area contributed by atoms with E-state index in [1.54, 1.807) is 30.3 Å². The van der Waals surface area contributed by atoms with Crippen LogP contribution in [0.1, 0.15) is 59.7 Å². The summed E-state index contributed by atoms with van der Waals surface area (Å²) >= 11 is 0. The number of methoxy groups -OCH3 is 1. The zero-order chi connectivity index (χ0) is 19.5. The molecule has 0 saturated carbocycles. The molecular formula is C22H27NO4. The highest BCUT2D eigenvalue weighted by Gasteiger charge is 2.11. The SMILES string of the molecule is CCCCCCCOc1cccc(NC(=O)c2cccc(C(=O)OC)c2)c1. The Morgan fingerprint density at radius 1 is 0.926 bits per heavy atom. The molecule has 0 spiro atoms. The average molecular weight is 369 g/mol. The predicted octanol–water partition coefficient (Wildman–Crippen LogP) is 5.07. The molecule has 0 aliphatic rings. The lowest BCUT2D eigenvalue weighted by molar-refractivity contribution is 0.0600. The molecule has 0 saturated heterocycles. The van der Waals surface area contributed by atoms with Crippen molar-refractivity contribution in [3.05, 3.63) is 59.7 Å². The van der Waals surface area contributed by atoms with Gasteiger partial charge in [-0.05, 0) is 36.8 Å². The molecule has 1 amide bonds. The number of unbranched alkanes of at least 4 members (excludes halogenated alkanes) is 4. The van der Waals surface area contributed by atoms with E-state index in [-0.39, 0.29) is 5.91 Å². The number of hydrogen-bond donors (Lipinski definition) is 1. The van der Waals surface area contributed by atoms with Gasteiger partial charge in [-0.15, -0.1) is 0 Å². The van der Waals surface area contributed by atoms with Gasteiger partial charge in [-0.25, -0.2) is 4.79 Å². The minimum absolute atomic E-state index is 0.294. The lowest BCUT2D eigenvalue weighted by atomic mass is 10.1. The maximum atomic E-state index is 12.4. The standard InChI is InChI=1S/C22H27NO4/c1-3-4-5-6-7-14-27-20-13-9-12-19(16-20)23-21(24)17-10-8-11-18(15-17)22(25)26-2/h8-13,15-16H,3-7,14H2,1-2H3,(H,23,24). The van der Waals surface area contributed by atoms with Crippen LogP contribution in [-0.4, -0.2) is 25.6 Å². The quantitative estimate of drug-likeness (QED) is 0.469. The lowest BCUT2D eigenvalue weighted by Gasteiger charge is -2.10. The number of hydrogen-bond acceptors (Lipinski definition) is 4. The second-order valence-corrected chi connectivity index (χ2v) is 6.32. The number of esters is 1. The number of carbonyl (C=O) groups excluding carboxylic acids is 2. The summed E-state index contributed by atoms with van der Waals surface area (Å²) in [6.45, 7) is 2.87. The van der Waals surface area contributed by atoms with E-state index in [0.29, 0.717) is 23.4 Å². The van der Waals surface area contributed by atoms with Gasteiger partial charge in [-0.1, -0.05) is 44.7 Å². The Hall–Kier alpha value is -2.82. The van der Waals surface area contributed by atoms with Gasteiger partial charge in [0, 0.05) is 17.3 Å². The van der Waals surface area contributed by atoms with Crippen molar-refractivity contribution in [3.8, 4) is 5.75 Å². The van der Waals surface area contributed by atoms with Gasteiger partial charge in [-0.2, -0.15) is 0 Å². The second-order valence-electron chi connectivity index (χ2n) is 6.32. The predicted molar refractivity (Wildman–Crippen MR) is 106 cm³/mol. The van der Waals surface area contributed by atoms with Crippen molar-refractivity contribution in [1.82, 2.24) is 0 Å². The second kappa shape index (κ2) is 11.0. The van der Waals surface area contributed by atoms with Crippen molar-refractivity contribution in [2.75, 3.05) is 19.0 Å². The Morgan fingerprint density at radius 2 is 1.67 bits per heavy atom. The van der Waals surface area contributed by atoms with E-state index in [9.17, 15) is 9.59 Å². The number of ether oxygens (including phenoxy) is 2. The zero-order valence-electron chi connectivity index (χ0n) is 16.0. The fraction of sp³-hybridized carbons (Fsp3) is 0.364. The van der Waals surface area contributed by atoms with E-state index in [1.165, 1.54) is 38.9 Å². The van der Waals surface area contributed by atoms with Crippen molar-refractivity contribution in [3.63, 3.8) is 0 Å². The third-order valence-corrected chi connectivity index (χ3v) is 4.15. The smallest absolute Gasteiger partial charge is 0.337 e. The fourth-order valence-corrected chi connectivity index (χ4v) is 2.67. The maximum Gasteiger partial charge on any atom is 0.337 e. The molecule has 2 aromatic rings. The average Bonchev–Trinajstić information content (AvgIpc) is 2.70. The first-order valence-electron chi connectivity index (χ1n) is 9.36. The maximum absolute atomic E-state index is 12.4. The normalized spacial score (nSPS) is 10.3. The van der Waals surface area contributed by atoms with Gasteiger partial charge in [0.1, 0.15) is 5.75 Å². The zero-order valence-corrected chi connectivity index (χ0v) is 16.0. The van der Waals surface area contributed by atoms with Gasteiger partial charge in [0.2, 0.25) is 0 Å². The van der Waals surface area contributed by atoms with Gasteiger partial charge in [-0.3, -0.25) is 4.79 Å². The summed E-state index contributed by atoms with van der Waals surface area (Å²) in [5, 5.41) is 2.83. The summed E-state index contributed by atoms with van der Waals surface area (Å²) in [5.74, 6) is -0.0388. The van der Waals surface area contributed by atoms with Crippen LogP contribution in [0.25, 0.3) is 0 Å². The van der Waals surface area contributed by atoms with Crippen LogP contribution in [0.2, 0.25) is 0 Å². The third-order valence-electron chi connectivity index (χ3n) is 4.15. The minimum atomic E-state index is -0.473. The Bertz CT molecular complexity index is 757. The molecule has 5 heteroatoms. The highest BCUT2D eigenvalue weighted by atomic mass is 16.5. The summed E-state index contributed by atoms with van der Waals surface area (Å²) in [4.78, 5) is 24.0. The molecule has 0 atom stereocenters. The van der Waals surface area contributed by atoms with Gasteiger partial charge < -0.3 is 14.8 Å². The topological polar surface area (TPSA) is 64.6 Å². The number of benzene rings is 2. The monoisotopic (exact) mass is 369 g/mol. The third kappa shape index (κ3) is 6.77. The number of amides is 1. The summed E-state index contributed by atoms with van der Waals surface area (Å²) in [7, 11) is 1.31. The fourth-order valence-electron chi connectivity index (χ4n) is 2.67. The van der Waals surface area contributed by atoms with E-state index in [1.807, 2.05) is 12.1 Å². The number of anilines is 1. The van der Waals surface area contributed by atoms with Crippen LogP contribution in [0, 0.1) is 0 Å². The molecule has 0 bridgehead atoms. The summed E-state index contributed by atoms with van der Waals surface area (Å²) in [6, 6.07) is 13.7. The molecule has 0 aromatic heterocycles. The van der Waals surface area contributed by atoms with Crippen LogP contribution in [0.5, 0.6) is 5.75 Å². The highest BCUT2D eigenvalue weighted by Crippen LogP contribution is 2.19. The van der Waals surface area contributed by atoms with Crippen LogP contribution in [-0.2, 0) is 4.74 Å². The molecule has 2 rings (SSSR count). The summed E-state index contributed by atoms with van der Waals surface area (Å²) in [6.07, 6.45) is 5.92. The van der Waals surface area contributed by atoms with Crippen molar-refractivity contribution in [1.29, 1.82) is 0 Å². The molecular weight excluding hydrogens is 342 g/mol. The molecule has 0 unspecified atom stereocenters. The van der Waals surface area contributed by atoms with Crippen molar-refractivity contribution in [2.45, 2.75) is 39.0 Å². The van der Waals surface area contributed by atoms with Crippen molar-refractivity contribution in [2.24, 2.45) is 0 Å². The highest BCUT2D eigenvalue weighted by molar-refractivity contribution is 6.05. The summed E-state index contributed by atoms with van der Waals surface area (Å²) in [5.41, 5.74) is 1.37. The molecule has 0 aliphatic carbocycles. The van der Waals surface area contributed by atoms with Crippen molar-refractivity contribution < 1.29 is 19.1 Å². The number of nitrogens with one attached hydrogen (secondary N) is 1. The van der Waals surface area contributed by atoms with Gasteiger partial charge >= 0.3 is 5.97 Å². The molecule has 27 heavy (non-hydrogen) atoms. The first-order chi connectivity index (χ1) is 13.1. The molecule has 0 heterocycles. The van der Waals surface area contributed by atoms with Crippen LogP contribution < -0.4 is 10.1 Å². The van der Waals surface area contributed by atoms with Crippen molar-refractivity contribution >= 4 is 17.6 Å². The molecule has 0 fully saturated rings. The van der Waals surface area contributed by atoms with Gasteiger partial charge in [0.15, 0.2) is 0 Å². The Kier molecular flexibility index (Phi) is 8.36. The molecule has 0 radical (unpaired) electrons. The van der Waals surface area contributed by atoms with E-state index in [4.69, 9.17) is 4.74 Å². The molecule has 1 N–H and O–H groups in total. The molecule has 2 aromatic carbocycles. The van der Waals surface area contributed by atoms with E-state index in [0.717, 1.165) is 12.2 Å². The van der Waals surface area contributed by atoms with Crippen LogP contribution in [0.15, 0.2) is 48.5 Å².